The summed E-state index contributed by atoms with van der Waals surface area (Å²) in [7, 11) is 0. The molecule has 0 aromatic carbocycles. The minimum absolute atomic E-state index is 0.0277. The van der Waals surface area contributed by atoms with Gasteiger partial charge in [0.2, 0.25) is 0 Å². The third-order valence-corrected chi connectivity index (χ3v) is 2.52. The first-order valence-corrected chi connectivity index (χ1v) is 5.32. The molecule has 0 saturated heterocycles. The van der Waals surface area contributed by atoms with E-state index < -0.39 is 0 Å². The van der Waals surface area contributed by atoms with E-state index >= 15 is 0 Å². The van der Waals surface area contributed by atoms with Crippen LogP contribution in [0.25, 0.3) is 0 Å². The molecule has 1 heterocycles. The van der Waals surface area contributed by atoms with Crippen molar-refractivity contribution < 1.29 is 5.11 Å². The van der Waals surface area contributed by atoms with Gasteiger partial charge in [0.05, 0.1) is 12.3 Å². The van der Waals surface area contributed by atoms with Crippen molar-refractivity contribution in [1.82, 2.24) is 9.78 Å². The van der Waals surface area contributed by atoms with Gasteiger partial charge in [-0.05, 0) is 12.3 Å². The van der Waals surface area contributed by atoms with Crippen LogP contribution in [0.4, 0.5) is 0 Å². The quantitative estimate of drug-likeness (QED) is 0.839. The maximum atomic E-state index is 9.14. The first-order valence-electron chi connectivity index (χ1n) is 4.95. The lowest BCUT2D eigenvalue weighted by Gasteiger charge is -2.05. The lowest BCUT2D eigenvalue weighted by Crippen LogP contribution is -2.06. The summed E-state index contributed by atoms with van der Waals surface area (Å²) in [6, 6.07) is 0. The number of aryl methyl sites for hydroxylation is 1. The second-order valence-electron chi connectivity index (χ2n) is 3.80. The predicted octanol–water partition coefficient (Wildman–Crippen LogP) is 2.25. The second kappa shape index (κ2) is 4.80. The SMILES string of the molecule is CCc1nn(CC(C)C)c(Cl)c1CO. The van der Waals surface area contributed by atoms with Gasteiger partial charge in [-0.1, -0.05) is 32.4 Å². The van der Waals surface area contributed by atoms with Gasteiger partial charge in [-0.15, -0.1) is 0 Å². The second-order valence-corrected chi connectivity index (χ2v) is 4.16. The molecule has 0 unspecified atom stereocenters. The number of halogens is 1. The molecule has 80 valence electrons. The van der Waals surface area contributed by atoms with Gasteiger partial charge < -0.3 is 5.11 Å². The van der Waals surface area contributed by atoms with E-state index in [4.69, 9.17) is 16.7 Å². The fraction of sp³-hybridized carbons (Fsp3) is 0.700. The van der Waals surface area contributed by atoms with E-state index in [1.807, 2.05) is 6.92 Å². The van der Waals surface area contributed by atoms with E-state index in [1.54, 1.807) is 4.68 Å². The van der Waals surface area contributed by atoms with Crippen LogP contribution >= 0.6 is 11.6 Å². The van der Waals surface area contributed by atoms with Crippen LogP contribution in [0.2, 0.25) is 5.15 Å². The zero-order valence-corrected chi connectivity index (χ0v) is 9.67. The van der Waals surface area contributed by atoms with Gasteiger partial charge in [0.15, 0.2) is 0 Å². The van der Waals surface area contributed by atoms with Crippen molar-refractivity contribution in [3.8, 4) is 0 Å². The summed E-state index contributed by atoms with van der Waals surface area (Å²) < 4.78 is 1.77. The molecule has 0 fully saturated rings. The number of aliphatic hydroxyl groups is 1. The smallest absolute Gasteiger partial charge is 0.132 e. The van der Waals surface area contributed by atoms with Crippen molar-refractivity contribution in [3.05, 3.63) is 16.4 Å². The Bertz CT molecular complexity index is 307. The average Bonchev–Trinajstić information content (AvgIpc) is 2.42. The van der Waals surface area contributed by atoms with E-state index in [-0.39, 0.29) is 6.61 Å². The van der Waals surface area contributed by atoms with Crippen molar-refractivity contribution in [1.29, 1.82) is 0 Å². The molecule has 0 aliphatic heterocycles. The summed E-state index contributed by atoms with van der Waals surface area (Å²) >= 11 is 6.09. The highest BCUT2D eigenvalue weighted by Crippen LogP contribution is 2.21. The van der Waals surface area contributed by atoms with Crippen LogP contribution in [0.15, 0.2) is 0 Å². The Labute approximate surface area is 89.7 Å². The lowest BCUT2D eigenvalue weighted by molar-refractivity contribution is 0.280. The van der Waals surface area contributed by atoms with Crippen LogP contribution in [0.3, 0.4) is 0 Å². The molecule has 0 spiro atoms. The van der Waals surface area contributed by atoms with Crippen LogP contribution in [-0.4, -0.2) is 14.9 Å². The number of aliphatic hydroxyl groups excluding tert-OH is 1. The minimum atomic E-state index is -0.0277. The van der Waals surface area contributed by atoms with Gasteiger partial charge in [-0.3, -0.25) is 4.68 Å². The largest absolute Gasteiger partial charge is 0.391 e. The summed E-state index contributed by atoms with van der Waals surface area (Å²) in [4.78, 5) is 0. The van der Waals surface area contributed by atoms with Gasteiger partial charge in [-0.25, -0.2) is 0 Å². The maximum absolute atomic E-state index is 9.14. The minimum Gasteiger partial charge on any atom is -0.391 e. The number of aromatic nitrogens is 2. The fourth-order valence-corrected chi connectivity index (χ4v) is 1.71. The van der Waals surface area contributed by atoms with Crippen LogP contribution in [0, 0.1) is 5.92 Å². The standard InChI is InChI=1S/C10H17ClN2O/c1-4-9-8(6-14)10(11)13(12-9)5-7(2)3/h7,14H,4-6H2,1-3H3. The van der Waals surface area contributed by atoms with E-state index in [0.717, 1.165) is 24.2 Å². The summed E-state index contributed by atoms with van der Waals surface area (Å²) in [5, 5.41) is 14.1. The lowest BCUT2D eigenvalue weighted by atomic mass is 10.2. The Kier molecular flexibility index (Phi) is 3.96. The van der Waals surface area contributed by atoms with Crippen LogP contribution in [0.5, 0.6) is 0 Å². The predicted molar refractivity (Wildman–Crippen MR) is 57.4 cm³/mol. The van der Waals surface area contributed by atoms with Gasteiger partial charge in [0, 0.05) is 12.1 Å². The van der Waals surface area contributed by atoms with Crippen molar-refractivity contribution in [3.63, 3.8) is 0 Å². The van der Waals surface area contributed by atoms with E-state index in [2.05, 4.69) is 18.9 Å². The fourth-order valence-electron chi connectivity index (χ4n) is 1.43. The van der Waals surface area contributed by atoms with E-state index in [9.17, 15) is 0 Å². The Morgan fingerprint density at radius 1 is 1.50 bits per heavy atom. The molecule has 1 rings (SSSR count). The normalized spacial score (nSPS) is 11.3. The first kappa shape index (κ1) is 11.5. The van der Waals surface area contributed by atoms with Crippen LogP contribution < -0.4 is 0 Å². The molecule has 0 amide bonds. The molecule has 1 aromatic rings. The van der Waals surface area contributed by atoms with Crippen molar-refractivity contribution in [2.24, 2.45) is 5.92 Å². The molecule has 1 N–H and O–H groups in total. The van der Waals surface area contributed by atoms with Crippen LogP contribution in [-0.2, 0) is 19.6 Å². The molecule has 0 atom stereocenters. The average molecular weight is 217 g/mol. The highest BCUT2D eigenvalue weighted by atomic mass is 35.5. The highest BCUT2D eigenvalue weighted by Gasteiger charge is 2.14. The number of hydrogen-bond donors (Lipinski definition) is 1. The molecule has 0 radical (unpaired) electrons. The maximum Gasteiger partial charge on any atom is 0.132 e. The third-order valence-electron chi connectivity index (χ3n) is 2.10. The van der Waals surface area contributed by atoms with Crippen molar-refractivity contribution in [2.75, 3.05) is 0 Å². The third kappa shape index (κ3) is 2.28. The van der Waals surface area contributed by atoms with E-state index in [0.29, 0.717) is 11.1 Å². The Balaban J connectivity index is 3.01. The van der Waals surface area contributed by atoms with Gasteiger partial charge >= 0.3 is 0 Å². The summed E-state index contributed by atoms with van der Waals surface area (Å²) in [6.07, 6.45) is 0.806. The zero-order valence-electron chi connectivity index (χ0n) is 8.92. The van der Waals surface area contributed by atoms with Gasteiger partial charge in [0.25, 0.3) is 0 Å². The van der Waals surface area contributed by atoms with Gasteiger partial charge in [0.1, 0.15) is 5.15 Å². The molecular weight excluding hydrogens is 200 g/mol. The van der Waals surface area contributed by atoms with Crippen LogP contribution in [0.1, 0.15) is 32.0 Å². The molecular formula is C10H17ClN2O. The molecule has 0 saturated carbocycles. The molecule has 14 heavy (non-hydrogen) atoms. The van der Waals surface area contributed by atoms with E-state index in [1.165, 1.54) is 0 Å². The number of hydrogen-bond acceptors (Lipinski definition) is 2. The molecule has 0 aliphatic rings. The van der Waals surface area contributed by atoms with Crippen molar-refractivity contribution >= 4 is 11.6 Å². The Hall–Kier alpha value is -0.540. The molecule has 3 nitrogen and oxygen atoms in total. The topological polar surface area (TPSA) is 38.0 Å². The molecule has 0 bridgehead atoms. The highest BCUT2D eigenvalue weighted by molar-refractivity contribution is 6.30. The summed E-state index contributed by atoms with van der Waals surface area (Å²) in [5.74, 6) is 0.503. The molecule has 4 heteroatoms. The Morgan fingerprint density at radius 3 is 2.50 bits per heavy atom. The first-order chi connectivity index (χ1) is 6.60. The zero-order chi connectivity index (χ0) is 10.7. The van der Waals surface area contributed by atoms with Gasteiger partial charge in [-0.2, -0.15) is 5.10 Å². The number of rotatable bonds is 4. The van der Waals surface area contributed by atoms with Crippen molar-refractivity contribution in [2.45, 2.75) is 40.3 Å². The monoisotopic (exact) mass is 216 g/mol. The molecule has 1 aromatic heterocycles. The summed E-state index contributed by atoms with van der Waals surface area (Å²) in [5.41, 5.74) is 1.67. The Morgan fingerprint density at radius 2 is 2.14 bits per heavy atom. The number of nitrogens with zero attached hydrogens (tertiary/aromatic N) is 2. The summed E-state index contributed by atoms with van der Waals surface area (Å²) in [6.45, 7) is 7.01. The molecule has 0 aliphatic carbocycles.